The number of benzene rings is 1. The summed E-state index contributed by atoms with van der Waals surface area (Å²) in [6.45, 7) is 1.29. The zero-order valence-electron chi connectivity index (χ0n) is 8.86. The highest BCUT2D eigenvalue weighted by molar-refractivity contribution is 5.64. The normalized spacial score (nSPS) is 16.0. The van der Waals surface area contributed by atoms with Gasteiger partial charge in [-0.15, -0.1) is 0 Å². The van der Waals surface area contributed by atoms with E-state index in [4.69, 9.17) is 4.74 Å². The Balaban J connectivity index is 2.48. The molecule has 5 nitrogen and oxygen atoms in total. The molecule has 0 spiro atoms. The number of hydrogen-bond donors (Lipinski definition) is 0. The smallest absolute Gasteiger partial charge is 0.295 e. The van der Waals surface area contributed by atoms with Gasteiger partial charge >= 0.3 is 0 Å². The van der Waals surface area contributed by atoms with E-state index in [9.17, 15) is 18.9 Å². The van der Waals surface area contributed by atoms with Gasteiger partial charge in [-0.2, -0.15) is 0 Å². The van der Waals surface area contributed by atoms with Crippen molar-refractivity contribution in [2.24, 2.45) is 0 Å². The second kappa shape index (κ2) is 4.62. The summed E-state index contributed by atoms with van der Waals surface area (Å²) >= 11 is 0. The molecule has 1 aliphatic heterocycles. The molecular formula is C10H10F2N2O3. The van der Waals surface area contributed by atoms with Crippen LogP contribution in [0.3, 0.4) is 0 Å². The molecule has 2 rings (SSSR count). The zero-order chi connectivity index (χ0) is 12.4. The molecular weight excluding hydrogens is 234 g/mol. The fourth-order valence-corrected chi connectivity index (χ4v) is 1.76. The van der Waals surface area contributed by atoms with Gasteiger partial charge in [-0.1, -0.05) is 0 Å². The predicted octanol–water partition coefficient (Wildman–Crippen LogP) is 1.71. The summed E-state index contributed by atoms with van der Waals surface area (Å²) in [6.07, 6.45) is 0. The van der Waals surface area contributed by atoms with Gasteiger partial charge in [0, 0.05) is 19.2 Å². The first kappa shape index (κ1) is 11.7. The van der Waals surface area contributed by atoms with Crippen molar-refractivity contribution in [2.45, 2.75) is 0 Å². The molecule has 0 aliphatic carbocycles. The lowest BCUT2D eigenvalue weighted by atomic mass is 10.2. The van der Waals surface area contributed by atoms with E-state index in [2.05, 4.69) is 0 Å². The van der Waals surface area contributed by atoms with E-state index in [-0.39, 0.29) is 5.69 Å². The lowest BCUT2D eigenvalue weighted by molar-refractivity contribution is -0.384. The van der Waals surface area contributed by atoms with Crippen molar-refractivity contribution in [3.05, 3.63) is 33.9 Å². The van der Waals surface area contributed by atoms with E-state index in [1.54, 1.807) is 0 Å². The highest BCUT2D eigenvalue weighted by atomic mass is 19.2. The number of anilines is 1. The Labute approximate surface area is 95.7 Å². The van der Waals surface area contributed by atoms with Crippen molar-refractivity contribution in [2.75, 3.05) is 31.2 Å². The van der Waals surface area contributed by atoms with Crippen molar-refractivity contribution >= 4 is 11.4 Å². The summed E-state index contributed by atoms with van der Waals surface area (Å²) in [5.41, 5.74) is -0.718. The number of nitro benzene ring substituents is 1. The Morgan fingerprint density at radius 1 is 1.29 bits per heavy atom. The molecule has 17 heavy (non-hydrogen) atoms. The highest BCUT2D eigenvalue weighted by Gasteiger charge is 2.27. The second-order valence-electron chi connectivity index (χ2n) is 3.59. The molecule has 1 heterocycles. The SMILES string of the molecule is O=[N+]([O-])c1ccc(F)c(F)c1N1CCOCC1. The number of nitrogens with zero attached hydrogens (tertiary/aromatic N) is 2. The fraction of sp³-hybridized carbons (Fsp3) is 0.400. The number of ether oxygens (including phenoxy) is 1. The van der Waals surface area contributed by atoms with Crippen LogP contribution in [0.2, 0.25) is 0 Å². The van der Waals surface area contributed by atoms with Crippen molar-refractivity contribution in [3.8, 4) is 0 Å². The summed E-state index contributed by atoms with van der Waals surface area (Å²) in [5, 5.41) is 10.8. The van der Waals surface area contributed by atoms with Crippen LogP contribution in [-0.2, 0) is 4.74 Å². The summed E-state index contributed by atoms with van der Waals surface area (Å²) < 4.78 is 31.8. The van der Waals surface area contributed by atoms with E-state index in [0.29, 0.717) is 26.3 Å². The van der Waals surface area contributed by atoms with Gasteiger partial charge in [-0.25, -0.2) is 8.78 Å². The molecule has 0 unspecified atom stereocenters. The van der Waals surface area contributed by atoms with Crippen molar-refractivity contribution in [1.29, 1.82) is 0 Å². The summed E-state index contributed by atoms with van der Waals surface area (Å²) in [4.78, 5) is 11.5. The first-order valence-corrected chi connectivity index (χ1v) is 5.06. The summed E-state index contributed by atoms with van der Waals surface area (Å²) in [7, 11) is 0. The van der Waals surface area contributed by atoms with Crippen LogP contribution >= 0.6 is 0 Å². The topological polar surface area (TPSA) is 55.6 Å². The largest absolute Gasteiger partial charge is 0.378 e. The van der Waals surface area contributed by atoms with Gasteiger partial charge in [-0.05, 0) is 6.07 Å². The molecule has 0 saturated carbocycles. The lowest BCUT2D eigenvalue weighted by Gasteiger charge is -2.28. The van der Waals surface area contributed by atoms with Crippen LogP contribution in [-0.4, -0.2) is 31.2 Å². The minimum Gasteiger partial charge on any atom is -0.378 e. The minimum absolute atomic E-state index is 0.293. The minimum atomic E-state index is -1.18. The van der Waals surface area contributed by atoms with Crippen molar-refractivity contribution < 1.29 is 18.4 Å². The Hall–Kier alpha value is -1.76. The Morgan fingerprint density at radius 3 is 2.53 bits per heavy atom. The molecule has 1 aromatic rings. The second-order valence-corrected chi connectivity index (χ2v) is 3.59. The monoisotopic (exact) mass is 244 g/mol. The molecule has 0 amide bonds. The highest BCUT2D eigenvalue weighted by Crippen LogP contribution is 2.32. The molecule has 0 N–H and O–H groups in total. The number of morpholine rings is 1. The van der Waals surface area contributed by atoms with Crippen LogP contribution in [0, 0.1) is 21.7 Å². The first-order valence-electron chi connectivity index (χ1n) is 5.06. The van der Waals surface area contributed by atoms with Crippen LogP contribution in [0.4, 0.5) is 20.2 Å². The van der Waals surface area contributed by atoms with Gasteiger partial charge in [0.25, 0.3) is 5.69 Å². The Kier molecular flexibility index (Phi) is 3.19. The molecule has 1 aromatic carbocycles. The van der Waals surface area contributed by atoms with Gasteiger partial charge in [0.2, 0.25) is 0 Å². The first-order chi connectivity index (χ1) is 8.11. The van der Waals surface area contributed by atoms with Gasteiger partial charge in [0.1, 0.15) is 0 Å². The summed E-state index contributed by atoms with van der Waals surface area (Å²) in [5.74, 6) is -2.27. The summed E-state index contributed by atoms with van der Waals surface area (Å²) in [6, 6.07) is 1.74. The third kappa shape index (κ3) is 2.19. The lowest BCUT2D eigenvalue weighted by Crippen LogP contribution is -2.37. The predicted molar refractivity (Wildman–Crippen MR) is 56.0 cm³/mol. The molecule has 1 saturated heterocycles. The van der Waals surface area contributed by atoms with E-state index < -0.39 is 22.2 Å². The third-order valence-corrected chi connectivity index (χ3v) is 2.57. The van der Waals surface area contributed by atoms with Crippen molar-refractivity contribution in [3.63, 3.8) is 0 Å². The zero-order valence-corrected chi connectivity index (χ0v) is 8.86. The van der Waals surface area contributed by atoms with Crippen LogP contribution in [0.25, 0.3) is 0 Å². The van der Waals surface area contributed by atoms with Gasteiger partial charge < -0.3 is 9.64 Å². The van der Waals surface area contributed by atoms with Crippen LogP contribution in [0.1, 0.15) is 0 Å². The maximum absolute atomic E-state index is 13.6. The van der Waals surface area contributed by atoms with Crippen LogP contribution in [0.15, 0.2) is 12.1 Å². The molecule has 0 atom stereocenters. The molecule has 1 fully saturated rings. The van der Waals surface area contributed by atoms with Crippen molar-refractivity contribution in [1.82, 2.24) is 0 Å². The Bertz CT molecular complexity index is 447. The van der Waals surface area contributed by atoms with Crippen LogP contribution < -0.4 is 4.90 Å². The maximum atomic E-state index is 13.6. The van der Waals surface area contributed by atoms with Crippen LogP contribution in [0.5, 0.6) is 0 Å². The van der Waals surface area contributed by atoms with E-state index in [0.717, 1.165) is 12.1 Å². The maximum Gasteiger partial charge on any atom is 0.295 e. The van der Waals surface area contributed by atoms with E-state index in [1.165, 1.54) is 4.90 Å². The van der Waals surface area contributed by atoms with Gasteiger partial charge in [0.15, 0.2) is 17.3 Å². The van der Waals surface area contributed by atoms with Gasteiger partial charge in [0.05, 0.1) is 18.1 Å². The third-order valence-electron chi connectivity index (χ3n) is 2.57. The number of nitro groups is 1. The molecule has 92 valence electrons. The quantitative estimate of drug-likeness (QED) is 0.587. The average molecular weight is 244 g/mol. The fourth-order valence-electron chi connectivity index (χ4n) is 1.76. The molecule has 0 bridgehead atoms. The van der Waals surface area contributed by atoms with E-state index >= 15 is 0 Å². The molecule has 0 aromatic heterocycles. The number of halogens is 2. The number of rotatable bonds is 2. The molecule has 0 radical (unpaired) electrons. The number of hydrogen-bond acceptors (Lipinski definition) is 4. The molecule has 1 aliphatic rings. The molecule has 7 heteroatoms. The Morgan fingerprint density at radius 2 is 1.94 bits per heavy atom. The standard InChI is InChI=1S/C10H10F2N2O3/c11-7-1-2-8(14(15)16)10(9(7)12)13-3-5-17-6-4-13/h1-2H,3-6H2. The van der Waals surface area contributed by atoms with E-state index in [1.807, 2.05) is 0 Å². The average Bonchev–Trinajstić information content (AvgIpc) is 2.33. The van der Waals surface area contributed by atoms with Gasteiger partial charge in [-0.3, -0.25) is 10.1 Å².